The summed E-state index contributed by atoms with van der Waals surface area (Å²) in [6, 6.07) is 7.72. The summed E-state index contributed by atoms with van der Waals surface area (Å²) < 4.78 is 6.56. The summed E-state index contributed by atoms with van der Waals surface area (Å²) in [5, 5.41) is 5.89. The van der Waals surface area contributed by atoms with E-state index in [4.69, 9.17) is 4.74 Å². The van der Waals surface area contributed by atoms with E-state index in [9.17, 15) is 4.79 Å². The first-order valence-corrected chi connectivity index (χ1v) is 6.31. The molecule has 0 aliphatic heterocycles. The van der Waals surface area contributed by atoms with Crippen LogP contribution in [0.15, 0.2) is 28.7 Å². The lowest BCUT2D eigenvalue weighted by Crippen LogP contribution is -2.32. The van der Waals surface area contributed by atoms with Crippen LogP contribution >= 0.6 is 15.9 Å². The molecule has 0 unspecified atom stereocenters. The molecule has 0 saturated carbocycles. The van der Waals surface area contributed by atoms with Crippen LogP contribution in [0, 0.1) is 0 Å². The van der Waals surface area contributed by atoms with Gasteiger partial charge in [0.2, 0.25) is 5.91 Å². The molecule has 0 atom stereocenters. The van der Waals surface area contributed by atoms with Gasteiger partial charge >= 0.3 is 0 Å². The number of rotatable bonds is 7. The fraction of sp³-hybridized carbons (Fsp3) is 0.417. The molecule has 0 aromatic heterocycles. The van der Waals surface area contributed by atoms with Gasteiger partial charge in [0.25, 0.3) is 0 Å². The van der Waals surface area contributed by atoms with Gasteiger partial charge in [-0.3, -0.25) is 4.79 Å². The second-order valence-electron chi connectivity index (χ2n) is 3.54. The molecule has 1 aromatic rings. The highest BCUT2D eigenvalue weighted by Crippen LogP contribution is 2.15. The van der Waals surface area contributed by atoms with Crippen molar-refractivity contribution in [3.63, 3.8) is 0 Å². The number of carbonyl (C=O) groups excluding carboxylic acids is 1. The largest absolute Gasteiger partial charge is 0.492 e. The molecule has 4 nitrogen and oxygen atoms in total. The number of hydrogen-bond acceptors (Lipinski definition) is 3. The Labute approximate surface area is 110 Å². The average Bonchev–Trinajstić information content (AvgIpc) is 2.30. The van der Waals surface area contributed by atoms with Crippen LogP contribution in [0.3, 0.4) is 0 Å². The fourth-order valence-electron chi connectivity index (χ4n) is 1.22. The predicted octanol–water partition coefficient (Wildman–Crippen LogP) is 1.55. The molecule has 0 spiro atoms. The summed E-state index contributed by atoms with van der Waals surface area (Å²) in [7, 11) is 0. The van der Waals surface area contributed by atoms with Crippen LogP contribution < -0.4 is 15.4 Å². The molecule has 1 amide bonds. The second kappa shape index (κ2) is 8.08. The summed E-state index contributed by atoms with van der Waals surface area (Å²) in [5.74, 6) is 0.856. The molecule has 1 aromatic carbocycles. The summed E-state index contributed by atoms with van der Waals surface area (Å²) in [6.07, 6.45) is 0. The lowest BCUT2D eigenvalue weighted by molar-refractivity contribution is -0.118. The average molecular weight is 301 g/mol. The van der Waals surface area contributed by atoms with Gasteiger partial charge in [-0.25, -0.2) is 0 Å². The minimum Gasteiger partial charge on any atom is -0.492 e. The van der Waals surface area contributed by atoms with Crippen LogP contribution in [0.2, 0.25) is 0 Å². The topological polar surface area (TPSA) is 50.4 Å². The van der Waals surface area contributed by atoms with E-state index < -0.39 is 0 Å². The Kier molecular flexibility index (Phi) is 6.65. The lowest BCUT2D eigenvalue weighted by atomic mass is 10.3. The maximum Gasteiger partial charge on any atom is 0.216 e. The molecule has 0 fully saturated rings. The van der Waals surface area contributed by atoms with Crippen LogP contribution in [-0.2, 0) is 4.79 Å². The lowest BCUT2D eigenvalue weighted by Gasteiger charge is -2.07. The third kappa shape index (κ3) is 6.97. The fourth-order valence-corrected chi connectivity index (χ4v) is 1.49. The molecule has 17 heavy (non-hydrogen) atoms. The van der Waals surface area contributed by atoms with Gasteiger partial charge in [-0.05, 0) is 24.3 Å². The third-order valence-corrected chi connectivity index (χ3v) is 2.57. The Morgan fingerprint density at radius 3 is 2.59 bits per heavy atom. The molecule has 5 heteroatoms. The predicted molar refractivity (Wildman–Crippen MR) is 71.2 cm³/mol. The van der Waals surface area contributed by atoms with E-state index in [1.165, 1.54) is 6.92 Å². The van der Waals surface area contributed by atoms with E-state index in [1.54, 1.807) is 0 Å². The molecular formula is C12H17BrN2O2. The van der Waals surface area contributed by atoms with Crippen molar-refractivity contribution < 1.29 is 9.53 Å². The Morgan fingerprint density at radius 1 is 1.24 bits per heavy atom. The Hall–Kier alpha value is -1.07. The maximum absolute atomic E-state index is 10.6. The zero-order valence-electron chi connectivity index (χ0n) is 9.83. The summed E-state index contributed by atoms with van der Waals surface area (Å²) in [6.45, 7) is 4.28. The summed E-state index contributed by atoms with van der Waals surface area (Å²) >= 11 is 3.36. The number of carbonyl (C=O) groups is 1. The van der Waals surface area contributed by atoms with E-state index in [1.807, 2.05) is 24.3 Å². The third-order valence-electron chi connectivity index (χ3n) is 2.04. The standard InChI is InChI=1S/C12H17BrN2O2/c1-10(16)15-7-6-14-8-9-17-12-4-2-11(13)3-5-12/h2-5,14H,6-9H2,1H3,(H,15,16). The molecule has 0 heterocycles. The second-order valence-corrected chi connectivity index (χ2v) is 4.45. The molecule has 0 radical (unpaired) electrons. The van der Waals surface area contributed by atoms with E-state index in [2.05, 4.69) is 26.6 Å². The minimum atomic E-state index is -0.00193. The number of ether oxygens (including phenoxy) is 1. The van der Waals surface area contributed by atoms with Crippen molar-refractivity contribution in [3.05, 3.63) is 28.7 Å². The Morgan fingerprint density at radius 2 is 1.94 bits per heavy atom. The normalized spacial score (nSPS) is 10.0. The molecule has 0 aliphatic carbocycles. The van der Waals surface area contributed by atoms with Gasteiger partial charge < -0.3 is 15.4 Å². The zero-order chi connectivity index (χ0) is 12.5. The van der Waals surface area contributed by atoms with E-state index in [0.717, 1.165) is 23.3 Å². The Balaban J connectivity index is 2.01. The van der Waals surface area contributed by atoms with E-state index >= 15 is 0 Å². The van der Waals surface area contributed by atoms with Crippen molar-refractivity contribution >= 4 is 21.8 Å². The molecule has 0 bridgehead atoms. The number of amides is 1. The molecule has 94 valence electrons. The van der Waals surface area contributed by atoms with E-state index in [0.29, 0.717) is 13.2 Å². The molecular weight excluding hydrogens is 284 g/mol. The van der Waals surface area contributed by atoms with Crippen LogP contribution in [0.1, 0.15) is 6.92 Å². The smallest absolute Gasteiger partial charge is 0.216 e. The van der Waals surface area contributed by atoms with Crippen molar-refractivity contribution in [1.82, 2.24) is 10.6 Å². The van der Waals surface area contributed by atoms with Crippen LogP contribution in [-0.4, -0.2) is 32.1 Å². The van der Waals surface area contributed by atoms with Gasteiger partial charge in [-0.2, -0.15) is 0 Å². The number of benzene rings is 1. The Bertz CT molecular complexity index is 341. The van der Waals surface area contributed by atoms with Crippen molar-refractivity contribution in [2.45, 2.75) is 6.92 Å². The zero-order valence-corrected chi connectivity index (χ0v) is 11.4. The first-order chi connectivity index (χ1) is 8.18. The highest BCUT2D eigenvalue weighted by atomic mass is 79.9. The van der Waals surface area contributed by atoms with Gasteiger partial charge in [-0.1, -0.05) is 15.9 Å². The quantitative estimate of drug-likeness (QED) is 0.751. The van der Waals surface area contributed by atoms with Gasteiger partial charge in [-0.15, -0.1) is 0 Å². The summed E-state index contributed by atoms with van der Waals surface area (Å²) in [5.41, 5.74) is 0. The van der Waals surface area contributed by atoms with Crippen molar-refractivity contribution in [2.24, 2.45) is 0 Å². The van der Waals surface area contributed by atoms with Crippen molar-refractivity contribution in [2.75, 3.05) is 26.2 Å². The van der Waals surface area contributed by atoms with Crippen LogP contribution in [0.5, 0.6) is 5.75 Å². The first kappa shape index (κ1) is 14.0. The molecule has 0 saturated heterocycles. The highest BCUT2D eigenvalue weighted by molar-refractivity contribution is 9.10. The van der Waals surface area contributed by atoms with Crippen molar-refractivity contribution in [1.29, 1.82) is 0 Å². The molecule has 1 rings (SSSR count). The van der Waals surface area contributed by atoms with Gasteiger partial charge in [0.05, 0.1) is 0 Å². The number of halogens is 1. The van der Waals surface area contributed by atoms with Crippen LogP contribution in [0.4, 0.5) is 0 Å². The highest BCUT2D eigenvalue weighted by Gasteiger charge is 1.94. The number of nitrogens with one attached hydrogen (secondary N) is 2. The van der Waals surface area contributed by atoms with Gasteiger partial charge in [0.1, 0.15) is 12.4 Å². The van der Waals surface area contributed by atoms with Crippen LogP contribution in [0.25, 0.3) is 0 Å². The van der Waals surface area contributed by atoms with Crippen molar-refractivity contribution in [3.8, 4) is 5.75 Å². The SMILES string of the molecule is CC(=O)NCCNCCOc1ccc(Br)cc1. The monoisotopic (exact) mass is 300 g/mol. The minimum absolute atomic E-state index is 0.00193. The van der Waals surface area contributed by atoms with Gasteiger partial charge in [0.15, 0.2) is 0 Å². The number of hydrogen-bond donors (Lipinski definition) is 2. The van der Waals surface area contributed by atoms with Gasteiger partial charge in [0, 0.05) is 31.0 Å². The molecule has 0 aliphatic rings. The maximum atomic E-state index is 10.6. The summed E-state index contributed by atoms with van der Waals surface area (Å²) in [4.78, 5) is 10.6. The van der Waals surface area contributed by atoms with E-state index in [-0.39, 0.29) is 5.91 Å². The first-order valence-electron chi connectivity index (χ1n) is 5.52. The molecule has 2 N–H and O–H groups in total.